The number of benzene rings is 1. The van der Waals surface area contributed by atoms with Gasteiger partial charge in [-0.15, -0.1) is 0 Å². The summed E-state index contributed by atoms with van der Waals surface area (Å²) in [7, 11) is 0. The van der Waals surface area contributed by atoms with E-state index in [0.717, 1.165) is 12.0 Å². The Morgan fingerprint density at radius 3 is 2.61 bits per heavy atom. The van der Waals surface area contributed by atoms with Crippen molar-refractivity contribution in [3.05, 3.63) is 35.4 Å². The lowest BCUT2D eigenvalue weighted by Gasteiger charge is -2.21. The molecule has 1 heterocycles. The summed E-state index contributed by atoms with van der Waals surface area (Å²) in [4.78, 5) is 25.9. The van der Waals surface area contributed by atoms with Gasteiger partial charge in [0, 0.05) is 19.0 Å². The first-order valence-corrected chi connectivity index (χ1v) is 8.31. The maximum Gasteiger partial charge on any atom is 0.242 e. The average molecular weight is 317 g/mol. The molecule has 2 amide bonds. The lowest BCUT2D eigenvalue weighted by atomic mass is 10.1. The Kier molecular flexibility index (Phi) is 6.16. The van der Waals surface area contributed by atoms with E-state index in [0.29, 0.717) is 31.8 Å². The molecule has 0 bridgehead atoms. The van der Waals surface area contributed by atoms with E-state index in [1.165, 1.54) is 5.56 Å². The van der Waals surface area contributed by atoms with Gasteiger partial charge < -0.3 is 16.0 Å². The van der Waals surface area contributed by atoms with E-state index < -0.39 is 0 Å². The van der Waals surface area contributed by atoms with Crippen LogP contribution < -0.4 is 11.1 Å². The molecule has 2 rings (SSSR count). The van der Waals surface area contributed by atoms with Gasteiger partial charge in [0.2, 0.25) is 11.8 Å². The van der Waals surface area contributed by atoms with E-state index in [9.17, 15) is 9.59 Å². The fourth-order valence-electron chi connectivity index (χ4n) is 3.04. The third kappa shape index (κ3) is 5.06. The predicted molar refractivity (Wildman–Crippen MR) is 90.8 cm³/mol. The van der Waals surface area contributed by atoms with Crippen LogP contribution in [0.2, 0.25) is 0 Å². The van der Waals surface area contributed by atoms with Gasteiger partial charge in [0.1, 0.15) is 0 Å². The van der Waals surface area contributed by atoms with Gasteiger partial charge in [0.25, 0.3) is 0 Å². The molecule has 1 aromatic rings. The number of carbonyl (C=O) groups excluding carboxylic acids is 2. The minimum Gasteiger partial charge on any atom is -0.347 e. The van der Waals surface area contributed by atoms with Gasteiger partial charge in [-0.2, -0.15) is 0 Å². The van der Waals surface area contributed by atoms with Crippen LogP contribution in [0.15, 0.2) is 24.3 Å². The molecular formula is C18H27N3O2. The predicted octanol–water partition coefficient (Wildman–Crippen LogP) is 1.24. The molecule has 1 fully saturated rings. The first-order chi connectivity index (χ1) is 11.0. The second-order valence-electron chi connectivity index (χ2n) is 6.49. The molecule has 0 spiro atoms. The summed E-state index contributed by atoms with van der Waals surface area (Å²) >= 11 is 0. The maximum atomic E-state index is 12.2. The molecule has 1 saturated heterocycles. The Morgan fingerprint density at radius 2 is 2.00 bits per heavy atom. The number of amides is 2. The maximum absolute atomic E-state index is 12.2. The van der Waals surface area contributed by atoms with Crippen molar-refractivity contribution >= 4 is 11.8 Å². The van der Waals surface area contributed by atoms with Gasteiger partial charge in [0.05, 0.1) is 6.54 Å². The molecule has 23 heavy (non-hydrogen) atoms. The molecule has 1 aliphatic rings. The molecule has 0 aromatic heterocycles. The van der Waals surface area contributed by atoms with Crippen molar-refractivity contribution in [2.24, 2.45) is 11.7 Å². The minimum atomic E-state index is -0.0823. The molecule has 3 N–H and O–H groups in total. The Labute approximate surface area is 138 Å². The summed E-state index contributed by atoms with van der Waals surface area (Å²) in [6.07, 6.45) is 2.04. The average Bonchev–Trinajstić information content (AvgIpc) is 2.93. The van der Waals surface area contributed by atoms with Crippen LogP contribution in [0.5, 0.6) is 0 Å². The summed E-state index contributed by atoms with van der Waals surface area (Å²) in [6, 6.07) is 8.36. The van der Waals surface area contributed by atoms with Crippen molar-refractivity contribution in [2.45, 2.75) is 39.2 Å². The Morgan fingerprint density at radius 1 is 1.30 bits per heavy atom. The van der Waals surface area contributed by atoms with Gasteiger partial charge in [-0.1, -0.05) is 29.8 Å². The van der Waals surface area contributed by atoms with E-state index in [2.05, 4.69) is 5.32 Å². The first kappa shape index (κ1) is 17.5. The highest BCUT2D eigenvalue weighted by Gasteiger charge is 2.31. The summed E-state index contributed by atoms with van der Waals surface area (Å²) in [5.41, 5.74) is 8.02. The van der Waals surface area contributed by atoms with Crippen LogP contribution in [-0.2, 0) is 16.0 Å². The van der Waals surface area contributed by atoms with E-state index >= 15 is 0 Å². The van der Waals surface area contributed by atoms with Crippen molar-refractivity contribution in [1.82, 2.24) is 10.2 Å². The van der Waals surface area contributed by atoms with Crippen molar-refractivity contribution < 1.29 is 9.59 Å². The Bertz CT molecular complexity index is 542. The Hall–Kier alpha value is -1.88. The van der Waals surface area contributed by atoms with Gasteiger partial charge in [-0.3, -0.25) is 9.59 Å². The standard InChI is InChI=1S/C18H27N3O2/c1-13-3-5-15(6-4-13)7-8-17(22)20-11-18(23)21-12-16(10-19)9-14(21)2/h3-6,14,16H,7-12,19H2,1-2H3,(H,20,22). The van der Waals surface area contributed by atoms with Crippen molar-refractivity contribution in [2.75, 3.05) is 19.6 Å². The van der Waals surface area contributed by atoms with Gasteiger partial charge in [-0.05, 0) is 44.7 Å². The normalized spacial score (nSPS) is 20.6. The topological polar surface area (TPSA) is 75.4 Å². The molecule has 0 radical (unpaired) electrons. The molecule has 0 saturated carbocycles. The minimum absolute atomic E-state index is 0.0165. The molecule has 5 heteroatoms. The van der Waals surface area contributed by atoms with E-state index in [1.54, 1.807) is 0 Å². The largest absolute Gasteiger partial charge is 0.347 e. The molecule has 2 unspecified atom stereocenters. The molecular weight excluding hydrogens is 290 g/mol. The molecule has 0 aliphatic carbocycles. The summed E-state index contributed by atoms with van der Waals surface area (Å²) in [6.45, 7) is 5.46. The number of rotatable bonds is 6. The van der Waals surface area contributed by atoms with Crippen LogP contribution in [0.1, 0.15) is 30.9 Å². The number of carbonyl (C=O) groups is 2. The number of nitrogens with zero attached hydrogens (tertiary/aromatic N) is 1. The Balaban J connectivity index is 1.71. The van der Waals surface area contributed by atoms with Crippen LogP contribution in [0.3, 0.4) is 0 Å². The van der Waals surface area contributed by atoms with Gasteiger partial charge in [0.15, 0.2) is 0 Å². The first-order valence-electron chi connectivity index (χ1n) is 8.31. The smallest absolute Gasteiger partial charge is 0.242 e. The van der Waals surface area contributed by atoms with Crippen LogP contribution in [-0.4, -0.2) is 42.4 Å². The van der Waals surface area contributed by atoms with E-state index in [4.69, 9.17) is 5.73 Å². The van der Waals surface area contributed by atoms with Crippen LogP contribution in [0.25, 0.3) is 0 Å². The zero-order valence-electron chi connectivity index (χ0n) is 14.0. The molecule has 2 atom stereocenters. The monoisotopic (exact) mass is 317 g/mol. The zero-order chi connectivity index (χ0) is 16.8. The van der Waals surface area contributed by atoms with Crippen molar-refractivity contribution in [1.29, 1.82) is 0 Å². The van der Waals surface area contributed by atoms with E-state index in [1.807, 2.05) is 43.0 Å². The van der Waals surface area contributed by atoms with Crippen molar-refractivity contribution in [3.63, 3.8) is 0 Å². The number of nitrogens with two attached hydrogens (primary N) is 1. The summed E-state index contributed by atoms with van der Waals surface area (Å²) in [5.74, 6) is 0.282. The molecule has 5 nitrogen and oxygen atoms in total. The third-order valence-electron chi connectivity index (χ3n) is 4.51. The number of likely N-dealkylation sites (tertiary alicyclic amines) is 1. The van der Waals surface area contributed by atoms with Crippen LogP contribution >= 0.6 is 0 Å². The number of hydrogen-bond donors (Lipinski definition) is 2. The number of aryl methyl sites for hydroxylation is 2. The van der Waals surface area contributed by atoms with Crippen molar-refractivity contribution in [3.8, 4) is 0 Å². The lowest BCUT2D eigenvalue weighted by molar-refractivity contribution is -0.133. The SMILES string of the molecule is Cc1ccc(CCC(=O)NCC(=O)N2CC(CN)CC2C)cc1. The fourth-order valence-corrected chi connectivity index (χ4v) is 3.04. The molecule has 1 aromatic carbocycles. The number of nitrogens with one attached hydrogen (secondary N) is 1. The highest BCUT2D eigenvalue weighted by Crippen LogP contribution is 2.21. The second-order valence-corrected chi connectivity index (χ2v) is 6.49. The summed E-state index contributed by atoms with van der Waals surface area (Å²) in [5, 5.41) is 2.73. The third-order valence-corrected chi connectivity index (χ3v) is 4.51. The number of hydrogen-bond acceptors (Lipinski definition) is 3. The van der Waals surface area contributed by atoms with Crippen LogP contribution in [0, 0.1) is 12.8 Å². The van der Waals surface area contributed by atoms with Crippen LogP contribution in [0.4, 0.5) is 0 Å². The summed E-state index contributed by atoms with van der Waals surface area (Å²) < 4.78 is 0. The highest BCUT2D eigenvalue weighted by atomic mass is 16.2. The lowest BCUT2D eigenvalue weighted by Crippen LogP contribution is -2.42. The quantitative estimate of drug-likeness (QED) is 0.829. The molecule has 1 aliphatic heterocycles. The second kappa shape index (κ2) is 8.11. The highest BCUT2D eigenvalue weighted by molar-refractivity contribution is 5.85. The van der Waals surface area contributed by atoms with E-state index in [-0.39, 0.29) is 24.4 Å². The fraction of sp³-hybridized carbons (Fsp3) is 0.556. The van der Waals surface area contributed by atoms with Gasteiger partial charge >= 0.3 is 0 Å². The molecule has 126 valence electrons. The van der Waals surface area contributed by atoms with Gasteiger partial charge in [-0.25, -0.2) is 0 Å². The zero-order valence-corrected chi connectivity index (χ0v) is 14.0.